The summed E-state index contributed by atoms with van der Waals surface area (Å²) < 4.78 is 4.90. The van der Waals surface area contributed by atoms with Gasteiger partial charge in [-0.3, -0.25) is 10.1 Å². The van der Waals surface area contributed by atoms with Gasteiger partial charge in [-0.1, -0.05) is 24.3 Å². The zero-order chi connectivity index (χ0) is 13.0. The van der Waals surface area contributed by atoms with Crippen LogP contribution >= 0.6 is 0 Å². The van der Waals surface area contributed by atoms with E-state index in [0.29, 0.717) is 12.2 Å². The number of benzene rings is 1. The molecule has 0 saturated heterocycles. The number of rotatable bonds is 4. The van der Waals surface area contributed by atoms with E-state index in [-0.39, 0.29) is 5.69 Å². The van der Waals surface area contributed by atoms with Crippen LogP contribution in [0.3, 0.4) is 0 Å². The molecule has 0 fully saturated rings. The number of para-hydroxylation sites is 1. The van der Waals surface area contributed by atoms with Crippen LogP contribution in [0.5, 0.6) is 0 Å². The molecular formula is C13H12N2O3. The first-order valence-electron chi connectivity index (χ1n) is 5.41. The van der Waals surface area contributed by atoms with Crippen LogP contribution in [0, 0.1) is 10.1 Å². The Hall–Kier alpha value is -2.27. The van der Waals surface area contributed by atoms with Gasteiger partial charge in [0, 0.05) is 12.5 Å². The van der Waals surface area contributed by atoms with Crippen molar-refractivity contribution in [2.75, 3.05) is 13.7 Å². The van der Waals surface area contributed by atoms with Gasteiger partial charge >= 0.3 is 0 Å². The largest absolute Gasteiger partial charge is 0.381 e. The van der Waals surface area contributed by atoms with Crippen molar-refractivity contribution in [2.24, 2.45) is 0 Å². The molecular weight excluding hydrogens is 232 g/mol. The molecule has 0 radical (unpaired) electrons. The fourth-order valence-electron chi connectivity index (χ4n) is 1.74. The van der Waals surface area contributed by atoms with Crippen LogP contribution in [-0.4, -0.2) is 23.6 Å². The van der Waals surface area contributed by atoms with E-state index in [4.69, 9.17) is 4.74 Å². The van der Waals surface area contributed by atoms with Gasteiger partial charge in [-0.15, -0.1) is 0 Å². The van der Waals surface area contributed by atoms with Crippen molar-refractivity contribution in [3.8, 4) is 0 Å². The summed E-state index contributed by atoms with van der Waals surface area (Å²) in [5, 5.41) is 11.8. The number of hydrogen-bond acceptors (Lipinski definition) is 4. The van der Waals surface area contributed by atoms with Gasteiger partial charge in [0.1, 0.15) is 6.20 Å². The molecule has 92 valence electrons. The maximum Gasteiger partial charge on any atom is 0.295 e. The fraction of sp³-hybridized carbons (Fsp3) is 0.154. The second kappa shape index (κ2) is 5.37. The highest BCUT2D eigenvalue weighted by Gasteiger charge is 2.15. The SMILES string of the molecule is COCC=Cc1c([N+](=O)[O-])cnc2ccccc12. The van der Waals surface area contributed by atoms with Crippen LogP contribution in [0.15, 0.2) is 36.5 Å². The number of nitrogens with zero attached hydrogens (tertiary/aromatic N) is 2. The third-order valence-corrected chi connectivity index (χ3v) is 2.54. The molecule has 18 heavy (non-hydrogen) atoms. The second-order valence-electron chi connectivity index (χ2n) is 3.69. The van der Waals surface area contributed by atoms with E-state index in [9.17, 15) is 10.1 Å². The Morgan fingerprint density at radius 2 is 2.22 bits per heavy atom. The summed E-state index contributed by atoms with van der Waals surface area (Å²) in [6.45, 7) is 0.411. The first kappa shape index (κ1) is 12.2. The average Bonchev–Trinajstić information content (AvgIpc) is 2.38. The zero-order valence-electron chi connectivity index (χ0n) is 9.87. The lowest BCUT2D eigenvalue weighted by Crippen LogP contribution is -1.95. The molecule has 0 saturated carbocycles. The summed E-state index contributed by atoms with van der Waals surface area (Å²) in [6, 6.07) is 7.33. The van der Waals surface area contributed by atoms with Crippen LogP contribution in [0.25, 0.3) is 17.0 Å². The van der Waals surface area contributed by atoms with Crippen LogP contribution in [-0.2, 0) is 4.74 Å². The third-order valence-electron chi connectivity index (χ3n) is 2.54. The Bertz CT molecular complexity index is 608. The summed E-state index contributed by atoms with van der Waals surface area (Å²) >= 11 is 0. The van der Waals surface area contributed by atoms with Crippen molar-refractivity contribution in [1.82, 2.24) is 4.98 Å². The van der Waals surface area contributed by atoms with E-state index in [1.807, 2.05) is 24.3 Å². The van der Waals surface area contributed by atoms with Gasteiger partial charge in [-0.05, 0) is 12.1 Å². The van der Waals surface area contributed by atoms with Gasteiger partial charge in [0.15, 0.2) is 0 Å². The molecule has 0 spiro atoms. The number of methoxy groups -OCH3 is 1. The standard InChI is InChI=1S/C13H12N2O3/c1-18-8-4-6-11-10-5-2-3-7-12(10)14-9-13(11)15(16)17/h2-7,9H,8H2,1H3. The Morgan fingerprint density at radius 1 is 1.44 bits per heavy atom. The number of nitro groups is 1. The molecule has 1 aromatic heterocycles. The van der Waals surface area contributed by atoms with E-state index in [1.54, 1.807) is 19.3 Å². The van der Waals surface area contributed by atoms with E-state index >= 15 is 0 Å². The van der Waals surface area contributed by atoms with Crippen LogP contribution in [0.2, 0.25) is 0 Å². The van der Waals surface area contributed by atoms with E-state index in [1.165, 1.54) is 6.20 Å². The molecule has 2 aromatic rings. The minimum Gasteiger partial charge on any atom is -0.381 e. The quantitative estimate of drug-likeness (QED) is 0.612. The Balaban J connectivity index is 2.62. The first-order valence-corrected chi connectivity index (χ1v) is 5.41. The lowest BCUT2D eigenvalue weighted by Gasteiger charge is -2.02. The van der Waals surface area contributed by atoms with Crippen molar-refractivity contribution in [1.29, 1.82) is 0 Å². The molecule has 0 aliphatic rings. The molecule has 0 amide bonds. The molecule has 0 aliphatic heterocycles. The Morgan fingerprint density at radius 3 is 2.94 bits per heavy atom. The van der Waals surface area contributed by atoms with Crippen LogP contribution in [0.1, 0.15) is 5.56 Å². The summed E-state index contributed by atoms with van der Waals surface area (Å²) in [6.07, 6.45) is 4.73. The van der Waals surface area contributed by atoms with Gasteiger partial charge < -0.3 is 4.74 Å². The first-order chi connectivity index (χ1) is 8.74. The number of ether oxygens (including phenoxy) is 1. The van der Waals surface area contributed by atoms with E-state index < -0.39 is 4.92 Å². The maximum atomic E-state index is 11.0. The second-order valence-corrected chi connectivity index (χ2v) is 3.69. The zero-order valence-corrected chi connectivity index (χ0v) is 9.87. The van der Waals surface area contributed by atoms with Crippen LogP contribution in [0.4, 0.5) is 5.69 Å². The Kier molecular flexibility index (Phi) is 3.64. The predicted octanol–water partition coefficient (Wildman–Crippen LogP) is 2.80. The Labute approximate surface area is 104 Å². The molecule has 5 nitrogen and oxygen atoms in total. The van der Waals surface area contributed by atoms with E-state index in [0.717, 1.165) is 10.9 Å². The number of pyridine rings is 1. The highest BCUT2D eigenvalue weighted by atomic mass is 16.6. The molecule has 1 aromatic carbocycles. The van der Waals surface area contributed by atoms with Gasteiger partial charge in [0.05, 0.1) is 22.6 Å². The summed E-state index contributed by atoms with van der Waals surface area (Å²) in [4.78, 5) is 14.7. The van der Waals surface area contributed by atoms with Crippen molar-refractivity contribution < 1.29 is 9.66 Å². The minimum atomic E-state index is -0.425. The van der Waals surface area contributed by atoms with Crippen molar-refractivity contribution in [3.05, 3.63) is 52.2 Å². The summed E-state index contributed by atoms with van der Waals surface area (Å²) in [5.41, 5.74) is 1.30. The van der Waals surface area contributed by atoms with Crippen LogP contribution < -0.4 is 0 Å². The molecule has 0 unspecified atom stereocenters. The van der Waals surface area contributed by atoms with Crippen molar-refractivity contribution >= 4 is 22.7 Å². The van der Waals surface area contributed by atoms with Gasteiger partial charge in [0.2, 0.25) is 0 Å². The lowest BCUT2D eigenvalue weighted by molar-refractivity contribution is -0.385. The monoisotopic (exact) mass is 244 g/mol. The number of fused-ring (bicyclic) bond motifs is 1. The molecule has 0 bridgehead atoms. The highest BCUT2D eigenvalue weighted by molar-refractivity contribution is 5.91. The van der Waals surface area contributed by atoms with E-state index in [2.05, 4.69) is 4.98 Å². The molecule has 1 heterocycles. The smallest absolute Gasteiger partial charge is 0.295 e. The van der Waals surface area contributed by atoms with Crippen molar-refractivity contribution in [3.63, 3.8) is 0 Å². The molecule has 0 N–H and O–H groups in total. The average molecular weight is 244 g/mol. The minimum absolute atomic E-state index is 0.000975. The summed E-state index contributed by atoms with van der Waals surface area (Å²) in [7, 11) is 1.57. The highest BCUT2D eigenvalue weighted by Crippen LogP contribution is 2.27. The molecule has 2 rings (SSSR count). The number of aromatic nitrogens is 1. The third kappa shape index (κ3) is 2.36. The molecule has 5 heteroatoms. The predicted molar refractivity (Wildman–Crippen MR) is 69.3 cm³/mol. The summed E-state index contributed by atoms with van der Waals surface area (Å²) in [5.74, 6) is 0. The van der Waals surface area contributed by atoms with Gasteiger partial charge in [-0.25, -0.2) is 4.98 Å². The number of hydrogen-bond donors (Lipinski definition) is 0. The molecule has 0 aliphatic carbocycles. The lowest BCUT2D eigenvalue weighted by atomic mass is 10.1. The van der Waals surface area contributed by atoms with Gasteiger partial charge in [0.25, 0.3) is 5.69 Å². The fourth-order valence-corrected chi connectivity index (χ4v) is 1.74. The topological polar surface area (TPSA) is 65.3 Å². The van der Waals surface area contributed by atoms with Gasteiger partial charge in [-0.2, -0.15) is 0 Å². The van der Waals surface area contributed by atoms with Crippen molar-refractivity contribution in [2.45, 2.75) is 0 Å². The molecule has 0 atom stereocenters. The normalized spacial score (nSPS) is 11.2. The maximum absolute atomic E-state index is 11.0.